The molecular weight excluding hydrogens is 198 g/mol. The summed E-state index contributed by atoms with van der Waals surface area (Å²) < 4.78 is 5.44. The van der Waals surface area contributed by atoms with Gasteiger partial charge in [-0.25, -0.2) is 0 Å². The van der Waals surface area contributed by atoms with Crippen LogP contribution in [0.3, 0.4) is 0 Å². The second kappa shape index (κ2) is 4.88. The quantitative estimate of drug-likeness (QED) is 0.839. The summed E-state index contributed by atoms with van der Waals surface area (Å²) in [5.74, 6) is 0.999. The van der Waals surface area contributed by atoms with Gasteiger partial charge in [0.2, 0.25) is 0 Å². The van der Waals surface area contributed by atoms with E-state index < -0.39 is 0 Å². The minimum Gasteiger partial charge on any atom is -0.496 e. The molecule has 88 valence electrons. The van der Waals surface area contributed by atoms with Gasteiger partial charge in [0, 0.05) is 17.6 Å². The normalized spacial score (nSPS) is 17.9. The van der Waals surface area contributed by atoms with Crippen LogP contribution in [-0.4, -0.2) is 13.2 Å². The highest BCUT2D eigenvalue weighted by Crippen LogP contribution is 2.28. The van der Waals surface area contributed by atoms with Crippen LogP contribution in [0, 0.1) is 6.92 Å². The Morgan fingerprint density at radius 3 is 2.69 bits per heavy atom. The summed E-state index contributed by atoms with van der Waals surface area (Å²) in [6.07, 6.45) is 4.01. The van der Waals surface area contributed by atoms with Gasteiger partial charge in [0.05, 0.1) is 7.11 Å². The lowest BCUT2D eigenvalue weighted by Crippen LogP contribution is -2.36. The van der Waals surface area contributed by atoms with Crippen LogP contribution < -0.4 is 10.1 Å². The van der Waals surface area contributed by atoms with E-state index in [1.165, 1.54) is 30.4 Å². The summed E-state index contributed by atoms with van der Waals surface area (Å²) >= 11 is 0. The monoisotopic (exact) mass is 219 g/mol. The first-order chi connectivity index (χ1) is 7.70. The number of methoxy groups -OCH3 is 1. The van der Waals surface area contributed by atoms with Crippen molar-refractivity contribution in [2.24, 2.45) is 0 Å². The molecule has 1 N–H and O–H groups in total. The zero-order valence-electron chi connectivity index (χ0n) is 10.4. The smallest absolute Gasteiger partial charge is 0.123 e. The van der Waals surface area contributed by atoms with Crippen LogP contribution >= 0.6 is 0 Å². The molecule has 0 spiro atoms. The van der Waals surface area contributed by atoms with Crippen LogP contribution in [0.4, 0.5) is 0 Å². The van der Waals surface area contributed by atoms with Crippen LogP contribution in [-0.2, 0) is 0 Å². The first-order valence-electron chi connectivity index (χ1n) is 6.11. The van der Waals surface area contributed by atoms with E-state index in [-0.39, 0.29) is 0 Å². The van der Waals surface area contributed by atoms with E-state index in [9.17, 15) is 0 Å². The van der Waals surface area contributed by atoms with Crippen molar-refractivity contribution in [3.05, 3.63) is 29.3 Å². The zero-order valence-corrected chi connectivity index (χ0v) is 10.4. The predicted octanol–water partition coefficient (Wildman–Crippen LogP) is 3.21. The molecule has 1 fully saturated rings. The Labute approximate surface area is 98.0 Å². The number of hydrogen-bond donors (Lipinski definition) is 1. The number of rotatable bonds is 4. The highest BCUT2D eigenvalue weighted by Gasteiger charge is 2.21. The summed E-state index contributed by atoms with van der Waals surface area (Å²) in [6, 6.07) is 7.51. The Hall–Kier alpha value is -1.02. The zero-order chi connectivity index (χ0) is 11.5. The minimum absolute atomic E-state index is 0.376. The van der Waals surface area contributed by atoms with Gasteiger partial charge in [-0.1, -0.05) is 18.6 Å². The summed E-state index contributed by atoms with van der Waals surface area (Å²) in [5, 5.41) is 3.65. The van der Waals surface area contributed by atoms with E-state index >= 15 is 0 Å². The van der Waals surface area contributed by atoms with Crippen LogP contribution in [0.25, 0.3) is 0 Å². The van der Waals surface area contributed by atoms with Gasteiger partial charge in [-0.05, 0) is 38.3 Å². The lowest BCUT2D eigenvalue weighted by atomic mass is 9.91. The summed E-state index contributed by atoms with van der Waals surface area (Å²) in [6.45, 7) is 4.31. The fourth-order valence-corrected chi connectivity index (χ4v) is 2.19. The molecule has 1 atom stereocenters. The van der Waals surface area contributed by atoms with Crippen molar-refractivity contribution in [2.45, 2.75) is 45.2 Å². The number of hydrogen-bond acceptors (Lipinski definition) is 2. The third-order valence-electron chi connectivity index (χ3n) is 3.45. The van der Waals surface area contributed by atoms with Crippen molar-refractivity contribution >= 4 is 0 Å². The van der Waals surface area contributed by atoms with Gasteiger partial charge < -0.3 is 10.1 Å². The van der Waals surface area contributed by atoms with Crippen molar-refractivity contribution in [2.75, 3.05) is 7.11 Å². The fourth-order valence-electron chi connectivity index (χ4n) is 2.19. The Kier molecular flexibility index (Phi) is 3.49. The molecular formula is C14H21NO. The molecule has 1 unspecified atom stereocenters. The van der Waals surface area contributed by atoms with E-state index in [0.717, 1.165) is 5.75 Å². The lowest BCUT2D eigenvalue weighted by molar-refractivity contribution is 0.308. The summed E-state index contributed by atoms with van der Waals surface area (Å²) in [5.41, 5.74) is 2.51. The second-order valence-corrected chi connectivity index (χ2v) is 4.76. The average molecular weight is 219 g/mol. The maximum atomic E-state index is 5.44. The molecule has 0 heterocycles. The lowest BCUT2D eigenvalue weighted by Gasteiger charge is -2.30. The van der Waals surface area contributed by atoms with Gasteiger partial charge in [-0.15, -0.1) is 0 Å². The highest BCUT2D eigenvalue weighted by atomic mass is 16.5. The molecule has 1 aromatic rings. The molecule has 1 saturated carbocycles. The topological polar surface area (TPSA) is 21.3 Å². The van der Waals surface area contributed by atoms with Crippen molar-refractivity contribution in [3.63, 3.8) is 0 Å². The Morgan fingerprint density at radius 1 is 1.38 bits per heavy atom. The molecule has 1 aliphatic carbocycles. The third kappa shape index (κ3) is 2.38. The average Bonchev–Trinajstić information content (AvgIpc) is 2.23. The molecule has 0 aliphatic heterocycles. The molecule has 0 saturated heterocycles. The Bertz CT molecular complexity index is 358. The van der Waals surface area contributed by atoms with Gasteiger partial charge in [0.15, 0.2) is 0 Å². The molecule has 0 bridgehead atoms. The first-order valence-corrected chi connectivity index (χ1v) is 6.11. The van der Waals surface area contributed by atoms with Crippen LogP contribution in [0.2, 0.25) is 0 Å². The van der Waals surface area contributed by atoms with Gasteiger partial charge in [-0.3, -0.25) is 0 Å². The number of aryl methyl sites for hydroxylation is 1. The Morgan fingerprint density at radius 2 is 2.12 bits per heavy atom. The predicted molar refractivity (Wildman–Crippen MR) is 66.9 cm³/mol. The van der Waals surface area contributed by atoms with E-state index in [2.05, 4.69) is 37.4 Å². The molecule has 16 heavy (non-hydrogen) atoms. The van der Waals surface area contributed by atoms with Crippen LogP contribution in [0.1, 0.15) is 43.4 Å². The van der Waals surface area contributed by atoms with E-state index in [0.29, 0.717) is 12.1 Å². The van der Waals surface area contributed by atoms with Crippen molar-refractivity contribution in [3.8, 4) is 5.75 Å². The molecule has 0 radical (unpaired) electrons. The fraction of sp³-hybridized carbons (Fsp3) is 0.571. The summed E-state index contributed by atoms with van der Waals surface area (Å²) in [7, 11) is 1.74. The second-order valence-electron chi connectivity index (χ2n) is 4.76. The Balaban J connectivity index is 2.11. The van der Waals surface area contributed by atoms with Crippen molar-refractivity contribution in [1.82, 2.24) is 5.32 Å². The summed E-state index contributed by atoms with van der Waals surface area (Å²) in [4.78, 5) is 0. The highest BCUT2D eigenvalue weighted by molar-refractivity contribution is 5.39. The molecule has 1 aromatic carbocycles. The maximum Gasteiger partial charge on any atom is 0.123 e. The van der Waals surface area contributed by atoms with Gasteiger partial charge in [0.25, 0.3) is 0 Å². The standard InChI is InChI=1S/C14H21NO/c1-10-7-8-13(14(9-10)16-3)11(2)15-12-5-4-6-12/h7-9,11-12,15H,4-6H2,1-3H3. The van der Waals surface area contributed by atoms with E-state index in [4.69, 9.17) is 4.74 Å². The number of ether oxygens (including phenoxy) is 1. The molecule has 1 aliphatic rings. The first kappa shape index (κ1) is 11.5. The molecule has 0 aromatic heterocycles. The van der Waals surface area contributed by atoms with Crippen LogP contribution in [0.15, 0.2) is 18.2 Å². The van der Waals surface area contributed by atoms with Crippen LogP contribution in [0.5, 0.6) is 5.75 Å². The molecule has 2 heteroatoms. The third-order valence-corrected chi connectivity index (χ3v) is 3.45. The van der Waals surface area contributed by atoms with Gasteiger partial charge in [-0.2, -0.15) is 0 Å². The molecule has 2 rings (SSSR count). The van der Waals surface area contributed by atoms with Gasteiger partial charge in [0.1, 0.15) is 5.75 Å². The molecule has 2 nitrogen and oxygen atoms in total. The van der Waals surface area contributed by atoms with E-state index in [1.807, 2.05) is 0 Å². The van der Waals surface area contributed by atoms with Crippen molar-refractivity contribution in [1.29, 1.82) is 0 Å². The molecule has 0 amide bonds. The maximum absolute atomic E-state index is 5.44. The van der Waals surface area contributed by atoms with Gasteiger partial charge >= 0.3 is 0 Å². The minimum atomic E-state index is 0.376. The van der Waals surface area contributed by atoms with E-state index in [1.54, 1.807) is 7.11 Å². The number of nitrogens with one attached hydrogen (secondary N) is 1. The SMILES string of the molecule is COc1cc(C)ccc1C(C)NC1CCC1. The largest absolute Gasteiger partial charge is 0.496 e. The number of benzene rings is 1. The van der Waals surface area contributed by atoms with Crippen molar-refractivity contribution < 1.29 is 4.74 Å².